The lowest BCUT2D eigenvalue weighted by Crippen LogP contribution is -2.46. The molecule has 0 aliphatic carbocycles. The molecule has 2 unspecified atom stereocenters. The highest BCUT2D eigenvalue weighted by Crippen LogP contribution is 2.29. The Bertz CT molecular complexity index is 812. The molecule has 2 heterocycles. The molecule has 1 amide bonds. The largest absolute Gasteiger partial charge is 0.369 e. The number of primary amides is 1. The van der Waals surface area contributed by atoms with Crippen molar-refractivity contribution >= 4 is 17.4 Å². The Balaban J connectivity index is 1.81. The van der Waals surface area contributed by atoms with Crippen LogP contribution in [-0.4, -0.2) is 29.3 Å². The molecule has 2 atom stereocenters. The maximum absolute atomic E-state index is 13.8. The summed E-state index contributed by atoms with van der Waals surface area (Å²) in [5.74, 6) is -2.46. The van der Waals surface area contributed by atoms with Gasteiger partial charge in [-0.25, -0.2) is 4.39 Å². The van der Waals surface area contributed by atoms with Gasteiger partial charge in [0.25, 0.3) is 0 Å². The molecule has 1 aliphatic heterocycles. The third kappa shape index (κ3) is 3.51. The number of hydroxylamine groups is 1. The number of Topliss-reactive ketones (excluding diaryl/α,β-unsaturated/α-hetero) is 1. The summed E-state index contributed by atoms with van der Waals surface area (Å²) < 4.78 is 13.8. The second-order valence-electron chi connectivity index (χ2n) is 5.96. The van der Waals surface area contributed by atoms with Crippen LogP contribution in [0, 0.1) is 11.7 Å². The van der Waals surface area contributed by atoms with E-state index >= 15 is 0 Å². The summed E-state index contributed by atoms with van der Waals surface area (Å²) in [7, 11) is 0. The first-order valence-corrected chi connectivity index (χ1v) is 7.93. The van der Waals surface area contributed by atoms with Crippen LogP contribution in [-0.2, 0) is 16.1 Å². The van der Waals surface area contributed by atoms with Crippen LogP contribution in [0.2, 0.25) is 0 Å². The van der Waals surface area contributed by atoms with E-state index in [1.165, 1.54) is 17.3 Å². The SMILES string of the molecule is CC(Cc1ccccc1F)ON1CC(C(N)=O)C(=O)c2ncccc21. The number of benzene rings is 1. The number of halogens is 1. The van der Waals surface area contributed by atoms with E-state index < -0.39 is 17.6 Å². The van der Waals surface area contributed by atoms with E-state index in [1.54, 1.807) is 37.3 Å². The third-order valence-corrected chi connectivity index (χ3v) is 4.07. The molecule has 0 spiro atoms. The zero-order chi connectivity index (χ0) is 18.0. The van der Waals surface area contributed by atoms with Gasteiger partial charge in [-0.2, -0.15) is 0 Å². The second kappa shape index (κ2) is 6.98. The summed E-state index contributed by atoms with van der Waals surface area (Å²) in [5, 5.41) is 1.45. The Morgan fingerprint density at radius 2 is 2.16 bits per heavy atom. The number of pyridine rings is 1. The van der Waals surface area contributed by atoms with Crippen LogP contribution >= 0.6 is 0 Å². The summed E-state index contributed by atoms with van der Waals surface area (Å²) in [6.07, 6.45) is 1.43. The van der Waals surface area contributed by atoms with Gasteiger partial charge in [0.2, 0.25) is 5.91 Å². The molecule has 1 aromatic heterocycles. The molecule has 130 valence electrons. The van der Waals surface area contributed by atoms with Crippen molar-refractivity contribution in [2.24, 2.45) is 11.7 Å². The molecule has 2 aromatic rings. The average molecular weight is 343 g/mol. The number of aromatic nitrogens is 1. The fourth-order valence-corrected chi connectivity index (χ4v) is 2.85. The second-order valence-corrected chi connectivity index (χ2v) is 5.96. The molecular weight excluding hydrogens is 325 g/mol. The Morgan fingerprint density at radius 1 is 1.40 bits per heavy atom. The van der Waals surface area contributed by atoms with Gasteiger partial charge >= 0.3 is 0 Å². The lowest BCUT2D eigenvalue weighted by Gasteiger charge is -2.34. The Kier molecular flexibility index (Phi) is 4.76. The van der Waals surface area contributed by atoms with Gasteiger partial charge in [0.05, 0.1) is 18.3 Å². The molecule has 6 nitrogen and oxygen atoms in total. The number of fused-ring (bicyclic) bond motifs is 1. The minimum absolute atomic E-state index is 0.00840. The molecule has 7 heteroatoms. The number of nitrogens with zero attached hydrogens (tertiary/aromatic N) is 2. The summed E-state index contributed by atoms with van der Waals surface area (Å²) in [5.41, 5.74) is 6.49. The Hall–Kier alpha value is -2.80. The van der Waals surface area contributed by atoms with E-state index in [0.29, 0.717) is 17.7 Å². The van der Waals surface area contributed by atoms with Gasteiger partial charge in [-0.05, 0) is 30.7 Å². The molecule has 2 N–H and O–H groups in total. The molecule has 0 fully saturated rings. The zero-order valence-corrected chi connectivity index (χ0v) is 13.7. The first-order valence-electron chi connectivity index (χ1n) is 7.93. The molecule has 3 rings (SSSR count). The normalized spacial score (nSPS) is 17.9. The van der Waals surface area contributed by atoms with Gasteiger partial charge in [-0.3, -0.25) is 24.5 Å². The van der Waals surface area contributed by atoms with Crippen molar-refractivity contribution in [2.45, 2.75) is 19.4 Å². The summed E-state index contributed by atoms with van der Waals surface area (Å²) in [4.78, 5) is 33.8. The van der Waals surface area contributed by atoms with Gasteiger partial charge in [-0.1, -0.05) is 18.2 Å². The molecular formula is C18H18FN3O3. The maximum atomic E-state index is 13.8. The number of carbonyl (C=O) groups excluding carboxylic acids is 2. The summed E-state index contributed by atoms with van der Waals surface area (Å²) in [6, 6.07) is 9.83. The zero-order valence-electron chi connectivity index (χ0n) is 13.7. The van der Waals surface area contributed by atoms with Crippen molar-refractivity contribution in [1.82, 2.24) is 4.98 Å². The smallest absolute Gasteiger partial charge is 0.230 e. The van der Waals surface area contributed by atoms with Crippen molar-refractivity contribution in [3.63, 3.8) is 0 Å². The minimum atomic E-state index is -1.02. The fraction of sp³-hybridized carbons (Fsp3) is 0.278. The minimum Gasteiger partial charge on any atom is -0.369 e. The van der Waals surface area contributed by atoms with Gasteiger partial charge < -0.3 is 5.73 Å². The number of hydrogen-bond acceptors (Lipinski definition) is 5. The molecule has 0 saturated heterocycles. The monoisotopic (exact) mass is 343 g/mol. The van der Waals surface area contributed by atoms with Crippen molar-refractivity contribution in [2.75, 3.05) is 11.6 Å². The molecule has 1 aliphatic rings. The highest BCUT2D eigenvalue weighted by molar-refractivity contribution is 6.13. The summed E-state index contributed by atoms with van der Waals surface area (Å²) in [6.45, 7) is 1.80. The highest BCUT2D eigenvalue weighted by Gasteiger charge is 2.37. The van der Waals surface area contributed by atoms with Crippen LogP contribution in [0.4, 0.5) is 10.1 Å². The first-order chi connectivity index (χ1) is 12.0. The Labute approximate surface area is 144 Å². The number of amides is 1. The number of carbonyl (C=O) groups is 2. The van der Waals surface area contributed by atoms with Crippen LogP contribution in [0.3, 0.4) is 0 Å². The summed E-state index contributed by atoms with van der Waals surface area (Å²) >= 11 is 0. The molecule has 0 saturated carbocycles. The maximum Gasteiger partial charge on any atom is 0.230 e. The lowest BCUT2D eigenvalue weighted by atomic mass is 9.95. The number of hydrogen-bond donors (Lipinski definition) is 1. The highest BCUT2D eigenvalue weighted by atomic mass is 19.1. The van der Waals surface area contributed by atoms with E-state index in [9.17, 15) is 14.0 Å². The van der Waals surface area contributed by atoms with Crippen LogP contribution < -0.4 is 10.8 Å². The Morgan fingerprint density at radius 3 is 2.88 bits per heavy atom. The van der Waals surface area contributed by atoms with E-state index in [1.807, 2.05) is 0 Å². The lowest BCUT2D eigenvalue weighted by molar-refractivity contribution is -0.120. The fourth-order valence-electron chi connectivity index (χ4n) is 2.85. The van der Waals surface area contributed by atoms with Crippen molar-refractivity contribution in [3.8, 4) is 0 Å². The van der Waals surface area contributed by atoms with Crippen molar-refractivity contribution in [3.05, 3.63) is 59.7 Å². The van der Waals surface area contributed by atoms with E-state index in [2.05, 4.69) is 4.98 Å². The van der Waals surface area contributed by atoms with Crippen LogP contribution in [0.25, 0.3) is 0 Å². The quantitative estimate of drug-likeness (QED) is 0.838. The van der Waals surface area contributed by atoms with Gasteiger partial charge in [-0.15, -0.1) is 0 Å². The molecule has 0 radical (unpaired) electrons. The van der Waals surface area contributed by atoms with Gasteiger partial charge in [0, 0.05) is 12.6 Å². The van der Waals surface area contributed by atoms with E-state index in [4.69, 9.17) is 10.6 Å². The number of nitrogens with two attached hydrogens (primary N) is 1. The van der Waals surface area contributed by atoms with Crippen molar-refractivity contribution < 1.29 is 18.8 Å². The topological polar surface area (TPSA) is 85.5 Å². The van der Waals surface area contributed by atoms with Gasteiger partial charge in [0.1, 0.15) is 17.4 Å². The predicted octanol–water partition coefficient (Wildman–Crippen LogP) is 1.89. The van der Waals surface area contributed by atoms with Crippen LogP contribution in [0.5, 0.6) is 0 Å². The molecule has 25 heavy (non-hydrogen) atoms. The van der Waals surface area contributed by atoms with E-state index in [-0.39, 0.29) is 24.2 Å². The third-order valence-electron chi connectivity index (χ3n) is 4.07. The standard InChI is InChI=1S/C18H18FN3O3/c1-11(9-12-5-2-3-6-14(12)19)25-22-10-13(18(20)24)17(23)16-15(22)7-4-8-21-16/h2-8,11,13H,9-10H2,1H3,(H2,20,24). The predicted molar refractivity (Wildman–Crippen MR) is 89.2 cm³/mol. The first kappa shape index (κ1) is 17.0. The number of anilines is 1. The van der Waals surface area contributed by atoms with Crippen LogP contribution in [0.1, 0.15) is 23.0 Å². The molecule has 0 bridgehead atoms. The van der Waals surface area contributed by atoms with Crippen LogP contribution in [0.15, 0.2) is 42.6 Å². The number of ketones is 1. The molecule has 1 aromatic carbocycles. The average Bonchev–Trinajstić information content (AvgIpc) is 2.59. The van der Waals surface area contributed by atoms with Gasteiger partial charge in [0.15, 0.2) is 5.78 Å². The number of rotatable bonds is 5. The van der Waals surface area contributed by atoms with E-state index in [0.717, 1.165) is 0 Å². The van der Waals surface area contributed by atoms with Crippen molar-refractivity contribution in [1.29, 1.82) is 0 Å².